The monoisotopic (exact) mass is 440 g/mol. The normalized spacial score (nSPS) is 19.2. The van der Waals surface area contributed by atoms with Crippen LogP contribution in [0.3, 0.4) is 0 Å². The zero-order valence-corrected chi connectivity index (χ0v) is 18.8. The van der Waals surface area contributed by atoms with E-state index in [0.717, 1.165) is 18.5 Å². The Labute approximate surface area is 179 Å². The second-order valence-electron chi connectivity index (χ2n) is 8.18. The number of piperidine rings is 1. The number of nitrogens with zero attached hydrogens (tertiary/aromatic N) is 4. The van der Waals surface area contributed by atoms with E-state index < -0.39 is 10.0 Å². The van der Waals surface area contributed by atoms with E-state index >= 15 is 0 Å². The second-order valence-corrected chi connectivity index (χ2v) is 10.2. The molecule has 2 aliphatic heterocycles. The van der Waals surface area contributed by atoms with Gasteiger partial charge in [0, 0.05) is 45.3 Å². The average molecular weight is 441 g/mol. The van der Waals surface area contributed by atoms with E-state index in [1.165, 1.54) is 10.6 Å². The quantitative estimate of drug-likeness (QED) is 0.666. The molecule has 0 spiro atoms. The van der Waals surface area contributed by atoms with Crippen LogP contribution in [0, 0.1) is 5.92 Å². The van der Waals surface area contributed by atoms with Crippen LogP contribution in [0.15, 0.2) is 18.3 Å². The summed E-state index contributed by atoms with van der Waals surface area (Å²) in [7, 11) is -3.13. The number of hydrogen-bond acceptors (Lipinski definition) is 7. The molecule has 9 nitrogen and oxygen atoms in total. The van der Waals surface area contributed by atoms with Gasteiger partial charge in [0.1, 0.15) is 0 Å². The molecule has 0 aliphatic carbocycles. The maximum Gasteiger partial charge on any atom is 0.410 e. The van der Waals surface area contributed by atoms with Crippen LogP contribution in [-0.2, 0) is 14.8 Å². The van der Waals surface area contributed by atoms with Crippen LogP contribution in [-0.4, -0.2) is 86.9 Å². The third-order valence-corrected chi connectivity index (χ3v) is 6.77. The van der Waals surface area contributed by atoms with Crippen molar-refractivity contribution in [3.05, 3.63) is 18.3 Å². The molecule has 3 rings (SSSR count). The van der Waals surface area contributed by atoms with Crippen LogP contribution in [0.25, 0.3) is 0 Å². The highest BCUT2D eigenvalue weighted by atomic mass is 32.2. The highest BCUT2D eigenvalue weighted by molar-refractivity contribution is 7.88. The van der Waals surface area contributed by atoms with Crippen LogP contribution < -0.4 is 9.64 Å². The number of sulfonamides is 1. The number of carbonyl (C=O) groups is 1. The number of hydrogen-bond donors (Lipinski definition) is 0. The van der Waals surface area contributed by atoms with Crippen molar-refractivity contribution in [2.75, 3.05) is 57.0 Å². The number of aromatic nitrogens is 1. The van der Waals surface area contributed by atoms with Gasteiger partial charge < -0.3 is 19.3 Å². The predicted molar refractivity (Wildman–Crippen MR) is 114 cm³/mol. The van der Waals surface area contributed by atoms with Crippen molar-refractivity contribution in [2.24, 2.45) is 5.92 Å². The van der Waals surface area contributed by atoms with Crippen LogP contribution >= 0.6 is 0 Å². The number of ether oxygens (including phenoxy) is 2. The molecule has 0 atom stereocenters. The van der Waals surface area contributed by atoms with Crippen molar-refractivity contribution in [1.82, 2.24) is 14.2 Å². The van der Waals surface area contributed by atoms with Gasteiger partial charge in [0.15, 0.2) is 0 Å². The lowest BCUT2D eigenvalue weighted by atomic mass is 9.98. The van der Waals surface area contributed by atoms with Gasteiger partial charge in [-0.3, -0.25) is 0 Å². The summed E-state index contributed by atoms with van der Waals surface area (Å²) in [5.41, 5.74) is 0.965. The summed E-state index contributed by atoms with van der Waals surface area (Å²) < 4.78 is 35.9. The minimum absolute atomic E-state index is 0.101. The van der Waals surface area contributed by atoms with E-state index in [-0.39, 0.29) is 12.2 Å². The zero-order chi connectivity index (χ0) is 21.7. The number of amides is 1. The summed E-state index contributed by atoms with van der Waals surface area (Å²) in [6.45, 7) is 7.92. The molecule has 1 amide bonds. The minimum atomic E-state index is -3.13. The smallest absolute Gasteiger partial charge is 0.410 e. The molecule has 0 bridgehead atoms. The Morgan fingerprint density at radius 1 is 1.13 bits per heavy atom. The molecule has 0 radical (unpaired) electrons. The van der Waals surface area contributed by atoms with Gasteiger partial charge in [-0.05, 0) is 38.7 Å². The number of carbonyl (C=O) groups excluding carboxylic acids is 1. The minimum Gasteiger partial charge on any atom is -0.477 e. The molecule has 1 aromatic heterocycles. The maximum absolute atomic E-state index is 11.9. The van der Waals surface area contributed by atoms with Gasteiger partial charge in [0.25, 0.3) is 0 Å². The molecule has 0 saturated carbocycles. The number of likely N-dealkylation sites (tertiary alicyclic amines) is 1. The topological polar surface area (TPSA) is 92.3 Å². The lowest BCUT2D eigenvalue weighted by Crippen LogP contribution is -2.48. The van der Waals surface area contributed by atoms with E-state index in [9.17, 15) is 13.2 Å². The summed E-state index contributed by atoms with van der Waals surface area (Å²) in [4.78, 5) is 20.2. The Hall–Kier alpha value is -2.07. The van der Waals surface area contributed by atoms with E-state index in [2.05, 4.69) is 9.88 Å². The summed E-state index contributed by atoms with van der Waals surface area (Å²) in [6, 6.07) is 3.82. The Bertz CT molecular complexity index is 799. The molecule has 2 aliphatic rings. The van der Waals surface area contributed by atoms with Gasteiger partial charge in [-0.2, -0.15) is 4.31 Å². The summed E-state index contributed by atoms with van der Waals surface area (Å²) >= 11 is 0. The summed E-state index contributed by atoms with van der Waals surface area (Å²) in [5, 5.41) is 0. The Morgan fingerprint density at radius 3 is 2.33 bits per heavy atom. The Kier molecular flexibility index (Phi) is 7.41. The third-order valence-electron chi connectivity index (χ3n) is 5.47. The van der Waals surface area contributed by atoms with Crippen LogP contribution in [0.5, 0.6) is 5.88 Å². The Balaban J connectivity index is 1.41. The molecule has 168 valence electrons. The highest BCUT2D eigenvalue weighted by Gasteiger charge is 2.25. The molecule has 0 aromatic carbocycles. The fraction of sp³-hybridized carbons (Fsp3) is 0.700. The van der Waals surface area contributed by atoms with Crippen LogP contribution in [0.4, 0.5) is 10.5 Å². The van der Waals surface area contributed by atoms with Crippen molar-refractivity contribution in [2.45, 2.75) is 32.8 Å². The van der Waals surface area contributed by atoms with E-state index in [0.29, 0.717) is 57.7 Å². The molecule has 2 saturated heterocycles. The first-order valence-corrected chi connectivity index (χ1v) is 12.3. The first-order chi connectivity index (χ1) is 14.2. The SMILES string of the molecule is CC(C)OC(=O)N1CCC(COc2ccc(N3CCN(S(C)(=O)=O)CC3)cn2)CC1. The van der Waals surface area contributed by atoms with Crippen LogP contribution in [0.1, 0.15) is 26.7 Å². The van der Waals surface area contributed by atoms with Gasteiger partial charge in [0.2, 0.25) is 15.9 Å². The van der Waals surface area contributed by atoms with Gasteiger partial charge in [-0.1, -0.05) is 0 Å². The van der Waals surface area contributed by atoms with Crippen molar-refractivity contribution in [1.29, 1.82) is 0 Å². The van der Waals surface area contributed by atoms with Crippen molar-refractivity contribution >= 4 is 21.8 Å². The van der Waals surface area contributed by atoms with Crippen LogP contribution in [0.2, 0.25) is 0 Å². The molecule has 3 heterocycles. The van der Waals surface area contributed by atoms with Crippen molar-refractivity contribution in [3.63, 3.8) is 0 Å². The summed E-state index contributed by atoms with van der Waals surface area (Å²) in [6.07, 6.45) is 4.45. The number of pyridine rings is 1. The van der Waals surface area contributed by atoms with E-state index in [4.69, 9.17) is 9.47 Å². The molecule has 0 unspecified atom stereocenters. The number of piperazine rings is 1. The summed E-state index contributed by atoms with van der Waals surface area (Å²) in [5.74, 6) is 0.966. The largest absolute Gasteiger partial charge is 0.477 e. The number of anilines is 1. The lowest BCUT2D eigenvalue weighted by Gasteiger charge is -2.34. The predicted octanol–water partition coefficient (Wildman–Crippen LogP) is 1.80. The van der Waals surface area contributed by atoms with Gasteiger partial charge in [-0.15, -0.1) is 0 Å². The van der Waals surface area contributed by atoms with Gasteiger partial charge in [0.05, 0.1) is 30.9 Å². The molecular weight excluding hydrogens is 408 g/mol. The fourth-order valence-corrected chi connectivity index (χ4v) is 4.51. The zero-order valence-electron chi connectivity index (χ0n) is 18.0. The molecule has 0 N–H and O–H groups in total. The molecule has 1 aromatic rings. The van der Waals surface area contributed by atoms with E-state index in [1.54, 1.807) is 11.1 Å². The Morgan fingerprint density at radius 2 is 1.80 bits per heavy atom. The third kappa shape index (κ3) is 6.21. The molecule has 30 heavy (non-hydrogen) atoms. The lowest BCUT2D eigenvalue weighted by molar-refractivity contribution is 0.0606. The molecule has 10 heteroatoms. The maximum atomic E-state index is 11.9. The first-order valence-electron chi connectivity index (χ1n) is 10.5. The van der Waals surface area contributed by atoms with Crippen molar-refractivity contribution in [3.8, 4) is 5.88 Å². The standard InChI is InChI=1S/C20H32N4O5S/c1-16(2)29-20(25)23-8-6-17(7-9-23)15-28-19-5-4-18(14-21-19)22-10-12-24(13-11-22)30(3,26)27/h4-5,14,16-17H,6-13,15H2,1-3H3. The van der Waals surface area contributed by atoms with Crippen molar-refractivity contribution < 1.29 is 22.7 Å². The number of rotatable bonds is 6. The average Bonchev–Trinajstić information content (AvgIpc) is 2.72. The first kappa shape index (κ1) is 22.6. The second kappa shape index (κ2) is 9.82. The van der Waals surface area contributed by atoms with E-state index in [1.807, 2.05) is 26.0 Å². The fourth-order valence-electron chi connectivity index (χ4n) is 3.68. The molecule has 2 fully saturated rings. The molecular formula is C20H32N4O5S. The van der Waals surface area contributed by atoms with Gasteiger partial charge in [-0.25, -0.2) is 18.2 Å². The van der Waals surface area contributed by atoms with Gasteiger partial charge >= 0.3 is 6.09 Å². The highest BCUT2D eigenvalue weighted by Crippen LogP contribution is 2.22.